The minimum absolute atomic E-state index is 0.0763. The fourth-order valence-electron chi connectivity index (χ4n) is 3.59. The van der Waals surface area contributed by atoms with Crippen molar-refractivity contribution in [3.05, 3.63) is 0 Å². The van der Waals surface area contributed by atoms with Crippen molar-refractivity contribution in [3.63, 3.8) is 0 Å². The molecule has 0 aromatic rings. The van der Waals surface area contributed by atoms with Crippen LogP contribution in [0.4, 0.5) is 0 Å². The lowest BCUT2D eigenvalue weighted by molar-refractivity contribution is -0.141. The minimum Gasteiger partial charge on any atom is -0.388 e. The third-order valence-electron chi connectivity index (χ3n) is 4.90. The molecule has 1 amide bonds. The molecule has 0 aromatic carbocycles. The molecule has 4 heteroatoms. The molecule has 0 heterocycles. The van der Waals surface area contributed by atoms with Crippen molar-refractivity contribution >= 4 is 5.91 Å². The van der Waals surface area contributed by atoms with Crippen molar-refractivity contribution in [3.8, 4) is 0 Å². The Balaban J connectivity index is 1.89. The summed E-state index contributed by atoms with van der Waals surface area (Å²) in [6.45, 7) is 0. The van der Waals surface area contributed by atoms with Gasteiger partial charge in [-0.25, -0.2) is 0 Å². The average molecular weight is 269 g/mol. The van der Waals surface area contributed by atoms with E-state index >= 15 is 0 Å². The Labute approximate surface area is 116 Å². The van der Waals surface area contributed by atoms with Gasteiger partial charge in [0.25, 0.3) is 0 Å². The summed E-state index contributed by atoms with van der Waals surface area (Å²) in [5, 5.41) is 10.3. The highest BCUT2D eigenvalue weighted by Crippen LogP contribution is 2.30. The van der Waals surface area contributed by atoms with Crippen molar-refractivity contribution in [1.82, 2.24) is 4.90 Å². The van der Waals surface area contributed by atoms with Crippen molar-refractivity contribution in [1.29, 1.82) is 0 Å². The summed E-state index contributed by atoms with van der Waals surface area (Å²) < 4.78 is 5.31. The molecule has 0 bridgehead atoms. The van der Waals surface area contributed by atoms with Gasteiger partial charge in [0, 0.05) is 20.6 Å². The van der Waals surface area contributed by atoms with E-state index in [4.69, 9.17) is 4.74 Å². The predicted octanol–water partition coefficient (Wildman–Crippen LogP) is 1.95. The third-order valence-corrected chi connectivity index (χ3v) is 4.90. The highest BCUT2D eigenvalue weighted by atomic mass is 16.5. The first-order valence-electron chi connectivity index (χ1n) is 7.60. The molecule has 0 spiro atoms. The van der Waals surface area contributed by atoms with Crippen LogP contribution in [-0.4, -0.2) is 48.3 Å². The quantitative estimate of drug-likeness (QED) is 0.848. The molecule has 0 radical (unpaired) electrons. The summed E-state index contributed by atoms with van der Waals surface area (Å²) in [7, 11) is 3.47. The normalized spacial score (nSPS) is 32.5. The van der Waals surface area contributed by atoms with E-state index in [9.17, 15) is 9.90 Å². The molecular formula is C15H27NO3. The number of carbonyl (C=O) groups excluding carboxylic acids is 1. The van der Waals surface area contributed by atoms with E-state index in [2.05, 4.69) is 0 Å². The summed E-state index contributed by atoms with van der Waals surface area (Å²) in [6, 6.07) is -0.0763. The van der Waals surface area contributed by atoms with E-state index in [0.717, 1.165) is 19.3 Å². The third kappa shape index (κ3) is 3.48. The van der Waals surface area contributed by atoms with E-state index in [1.807, 2.05) is 7.05 Å². The number of carbonyl (C=O) groups is 1. The monoisotopic (exact) mass is 269 g/mol. The molecule has 0 saturated heterocycles. The van der Waals surface area contributed by atoms with Gasteiger partial charge in [0.2, 0.25) is 5.91 Å². The highest BCUT2D eigenvalue weighted by Gasteiger charge is 2.36. The summed E-state index contributed by atoms with van der Waals surface area (Å²) in [5.74, 6) is 0.751. The molecule has 4 nitrogen and oxygen atoms in total. The molecular weight excluding hydrogens is 242 g/mol. The first kappa shape index (κ1) is 14.8. The molecule has 2 fully saturated rings. The number of amides is 1. The Morgan fingerprint density at radius 3 is 2.53 bits per heavy atom. The summed E-state index contributed by atoms with van der Waals surface area (Å²) >= 11 is 0. The summed E-state index contributed by atoms with van der Waals surface area (Å²) in [6.07, 6.45) is 7.67. The molecule has 2 rings (SSSR count). The highest BCUT2D eigenvalue weighted by molar-refractivity contribution is 5.76. The van der Waals surface area contributed by atoms with Crippen LogP contribution in [-0.2, 0) is 9.53 Å². The summed E-state index contributed by atoms with van der Waals surface area (Å²) in [5.41, 5.74) is 0. The topological polar surface area (TPSA) is 49.8 Å². The van der Waals surface area contributed by atoms with E-state index in [1.165, 1.54) is 25.7 Å². The molecule has 2 saturated carbocycles. The van der Waals surface area contributed by atoms with Crippen LogP contribution in [0.25, 0.3) is 0 Å². The van der Waals surface area contributed by atoms with Crippen molar-refractivity contribution in [2.75, 3.05) is 14.2 Å². The molecule has 0 aromatic heterocycles. The van der Waals surface area contributed by atoms with Crippen molar-refractivity contribution < 1.29 is 14.6 Å². The molecule has 0 aliphatic heterocycles. The van der Waals surface area contributed by atoms with Crippen LogP contribution in [0, 0.1) is 5.92 Å². The second-order valence-electron chi connectivity index (χ2n) is 6.12. The zero-order valence-electron chi connectivity index (χ0n) is 12.2. The Kier molecular flexibility index (Phi) is 5.22. The van der Waals surface area contributed by atoms with E-state index in [-0.39, 0.29) is 18.1 Å². The van der Waals surface area contributed by atoms with Crippen LogP contribution in [0.2, 0.25) is 0 Å². The first-order valence-corrected chi connectivity index (χ1v) is 7.60. The number of hydrogen-bond donors (Lipinski definition) is 1. The minimum atomic E-state index is -0.545. The number of methoxy groups -OCH3 is 1. The van der Waals surface area contributed by atoms with E-state index in [0.29, 0.717) is 12.3 Å². The number of rotatable bonds is 4. The second-order valence-corrected chi connectivity index (χ2v) is 6.12. The first-order chi connectivity index (χ1) is 9.13. The van der Waals surface area contributed by atoms with Crippen LogP contribution in [0.1, 0.15) is 51.4 Å². The lowest BCUT2D eigenvalue weighted by Crippen LogP contribution is -2.52. The van der Waals surface area contributed by atoms with Gasteiger partial charge in [-0.1, -0.05) is 12.8 Å². The smallest absolute Gasteiger partial charge is 0.222 e. The fourth-order valence-corrected chi connectivity index (χ4v) is 3.59. The van der Waals surface area contributed by atoms with Gasteiger partial charge in [-0.2, -0.15) is 0 Å². The van der Waals surface area contributed by atoms with Gasteiger partial charge in [-0.05, 0) is 38.0 Å². The molecule has 2 aliphatic rings. The standard InChI is InChI=1S/C15H27NO3/c1-16(14(17)10-11-6-3-4-7-11)12-8-5-9-13(19-2)15(12)18/h11-13,15,18H,3-10H2,1-2H3/t12-,13-,15-/m1/s1. The number of nitrogens with zero attached hydrogens (tertiary/aromatic N) is 1. The van der Waals surface area contributed by atoms with Gasteiger partial charge < -0.3 is 14.7 Å². The van der Waals surface area contributed by atoms with Gasteiger partial charge >= 0.3 is 0 Å². The largest absolute Gasteiger partial charge is 0.388 e. The SMILES string of the molecule is CO[C@@H]1CCC[C@@H](N(C)C(=O)CC2CCCC2)[C@H]1O. The second kappa shape index (κ2) is 6.71. The molecule has 110 valence electrons. The zero-order valence-corrected chi connectivity index (χ0v) is 12.2. The Bertz CT molecular complexity index is 302. The van der Waals surface area contributed by atoms with Gasteiger partial charge in [0.1, 0.15) is 6.10 Å². The van der Waals surface area contributed by atoms with Crippen LogP contribution < -0.4 is 0 Å². The number of ether oxygens (including phenoxy) is 1. The van der Waals surface area contributed by atoms with Crippen molar-refractivity contribution in [2.45, 2.75) is 69.6 Å². The Hall–Kier alpha value is -0.610. The van der Waals surface area contributed by atoms with Gasteiger partial charge in [0.05, 0.1) is 12.1 Å². The van der Waals surface area contributed by atoms with Gasteiger partial charge in [-0.3, -0.25) is 4.79 Å². The van der Waals surface area contributed by atoms with Gasteiger partial charge in [0.15, 0.2) is 0 Å². The number of aliphatic hydroxyl groups is 1. The number of likely N-dealkylation sites (N-methyl/N-ethyl adjacent to an activating group) is 1. The summed E-state index contributed by atoms with van der Waals surface area (Å²) in [4.78, 5) is 14.1. The maximum absolute atomic E-state index is 12.3. The van der Waals surface area contributed by atoms with Gasteiger partial charge in [-0.15, -0.1) is 0 Å². The van der Waals surface area contributed by atoms with Crippen LogP contribution in [0.5, 0.6) is 0 Å². The Morgan fingerprint density at radius 2 is 1.89 bits per heavy atom. The maximum atomic E-state index is 12.3. The molecule has 0 unspecified atom stereocenters. The lowest BCUT2D eigenvalue weighted by Gasteiger charge is -2.39. The molecule has 2 aliphatic carbocycles. The average Bonchev–Trinajstić information content (AvgIpc) is 2.91. The fraction of sp³-hybridized carbons (Fsp3) is 0.933. The Morgan fingerprint density at radius 1 is 1.21 bits per heavy atom. The van der Waals surface area contributed by atoms with E-state index in [1.54, 1.807) is 12.0 Å². The predicted molar refractivity (Wildman–Crippen MR) is 73.8 cm³/mol. The van der Waals surface area contributed by atoms with Crippen molar-refractivity contribution in [2.24, 2.45) is 5.92 Å². The van der Waals surface area contributed by atoms with Crippen LogP contribution in [0.15, 0.2) is 0 Å². The van der Waals surface area contributed by atoms with Crippen LogP contribution in [0.3, 0.4) is 0 Å². The number of aliphatic hydroxyl groups excluding tert-OH is 1. The lowest BCUT2D eigenvalue weighted by atomic mass is 9.88. The molecule has 19 heavy (non-hydrogen) atoms. The van der Waals surface area contributed by atoms with E-state index < -0.39 is 6.10 Å². The molecule has 3 atom stereocenters. The van der Waals surface area contributed by atoms with Crippen LogP contribution >= 0.6 is 0 Å². The maximum Gasteiger partial charge on any atom is 0.222 e. The number of hydrogen-bond acceptors (Lipinski definition) is 3. The zero-order chi connectivity index (χ0) is 13.8. The molecule has 1 N–H and O–H groups in total.